The van der Waals surface area contributed by atoms with E-state index in [2.05, 4.69) is 0 Å². The first-order valence-corrected chi connectivity index (χ1v) is 42.8. The molecule has 666 valence electrons. The van der Waals surface area contributed by atoms with Gasteiger partial charge in [0.1, 0.15) is 0 Å². The predicted octanol–water partition coefficient (Wildman–Crippen LogP) is 40.8. The fourth-order valence-corrected chi connectivity index (χ4v) is 17.2. The molecule has 0 aliphatic rings. The van der Waals surface area contributed by atoms with Gasteiger partial charge in [-0.3, -0.25) is 0 Å². The van der Waals surface area contributed by atoms with Gasteiger partial charge in [0, 0.05) is 0 Å². The van der Waals surface area contributed by atoms with Crippen LogP contribution in [0.25, 0.3) is 294 Å². The average molecular weight is 1910 g/mol. The smallest absolute Gasteiger partial charge is 0.0616 e. The van der Waals surface area contributed by atoms with Gasteiger partial charge in [0.15, 0.2) is 0 Å². The monoisotopic (exact) mass is 1910 g/mol. The Labute approximate surface area is 960 Å². The van der Waals surface area contributed by atoms with Gasteiger partial charge in [-0.1, -0.05) is 477 Å². The summed E-state index contributed by atoms with van der Waals surface area (Å²) in [4.78, 5) is 0. The van der Waals surface area contributed by atoms with Crippen LogP contribution < -0.4 is 0 Å². The van der Waals surface area contributed by atoms with Crippen molar-refractivity contribution in [2.45, 2.75) is 0 Å². The van der Waals surface area contributed by atoms with Crippen LogP contribution in [0.5, 0.6) is 0 Å². The van der Waals surface area contributed by atoms with Crippen LogP contribution in [0.1, 0.15) is 123 Å². The lowest BCUT2D eigenvalue weighted by Crippen LogP contribution is -1.92. The highest BCUT2D eigenvalue weighted by Crippen LogP contribution is 2.52. The van der Waals surface area contributed by atoms with Gasteiger partial charge in [-0.15, -0.1) is 0 Å². The van der Waals surface area contributed by atoms with Crippen LogP contribution in [0.15, 0.2) is 544 Å². The first-order valence-electron chi connectivity index (χ1n) is 87.8. The van der Waals surface area contributed by atoms with E-state index < -0.39 is 838 Å². The van der Waals surface area contributed by atoms with Crippen LogP contribution in [0.2, 0.25) is 0 Å². The molecule has 0 fully saturated rings. The minimum Gasteiger partial charge on any atom is -0.0616 e. The molecule has 0 bridgehead atoms. The van der Waals surface area contributed by atoms with E-state index in [1.54, 1.807) is 0 Å². The minimum atomic E-state index is -1.15. The van der Waals surface area contributed by atoms with Gasteiger partial charge in [-0.2, -0.15) is 0 Å². The van der Waals surface area contributed by atoms with E-state index >= 15 is 0 Å². The second-order valence-electron chi connectivity index (χ2n) is 31.5. The van der Waals surface area contributed by atoms with Gasteiger partial charge < -0.3 is 0 Å². The Morgan fingerprint density at radius 2 is 0.243 bits per heavy atom. The zero-order chi connectivity index (χ0) is 173. The predicted molar refractivity (Wildman–Crippen MR) is 623 cm³/mol. The van der Waals surface area contributed by atoms with Gasteiger partial charge in [-0.05, 0) is 361 Å². The lowest BCUT2D eigenvalue weighted by Gasteiger charge is -2.19. The molecule has 30 aromatic rings. The topological polar surface area (TPSA) is 0 Å². The van der Waals surface area contributed by atoms with Gasteiger partial charge >= 0.3 is 0 Å². The Balaban J connectivity index is 0.000000151. The van der Waals surface area contributed by atoms with Gasteiger partial charge in [0.25, 0.3) is 0 Å². The Bertz CT molecular complexity index is 16500. The highest BCUT2D eigenvalue weighted by Gasteiger charge is 2.25. The minimum absolute atomic E-state index is 0.548. The summed E-state index contributed by atoms with van der Waals surface area (Å²) in [6, 6.07) is -87.0. The quantitative estimate of drug-likeness (QED) is 0.0998. The number of hydrogen-bond acceptors (Lipinski definition) is 0. The van der Waals surface area contributed by atoms with Crippen LogP contribution in [-0.4, -0.2) is 0 Å². The molecule has 0 amide bonds. The Kier molecular flexibility index (Phi) is 7.95. The maximum absolute atomic E-state index is 10.3. The highest BCUT2D eigenvalue weighted by molar-refractivity contribution is 6.28. The van der Waals surface area contributed by atoms with Crippen molar-refractivity contribution in [3.63, 3.8) is 0 Å². The Morgan fingerprint density at radius 3 is 0.549 bits per heavy atom. The van der Waals surface area contributed by atoms with Crippen molar-refractivity contribution < 1.29 is 123 Å². The molecule has 0 aliphatic heterocycles. The van der Waals surface area contributed by atoms with Crippen molar-refractivity contribution in [2.24, 2.45) is 0 Å². The molecule has 0 N–H and O–H groups in total. The van der Waals surface area contributed by atoms with Crippen molar-refractivity contribution in [3.8, 4) is 100 Å². The lowest BCUT2D eigenvalue weighted by atomic mass is 9.83. The molecule has 0 spiro atoms. The third kappa shape index (κ3) is 14.4. The third-order valence-corrected chi connectivity index (χ3v) is 23.5. The fraction of sp³-hybridized carbons (Fsp3) is 0. The van der Waals surface area contributed by atoms with E-state index in [-0.39, 0.29) is 0 Å². The summed E-state index contributed by atoms with van der Waals surface area (Å²) in [6.07, 6.45) is 0. The van der Waals surface area contributed by atoms with Crippen molar-refractivity contribution in [2.75, 3.05) is 0 Å². The molecule has 0 nitrogen and oxygen atoms in total. The van der Waals surface area contributed by atoms with Crippen molar-refractivity contribution in [1.29, 1.82) is 0 Å². The molecular formula is C144H90. The molecule has 30 rings (SSSR count). The summed E-state index contributed by atoms with van der Waals surface area (Å²) in [5, 5.41) is -25.6. The van der Waals surface area contributed by atoms with E-state index in [9.17, 15) is 56.2 Å². The third-order valence-electron chi connectivity index (χ3n) is 23.5. The van der Waals surface area contributed by atoms with Crippen LogP contribution in [-0.2, 0) is 0 Å². The van der Waals surface area contributed by atoms with E-state index in [4.69, 9.17) is 67.2 Å². The van der Waals surface area contributed by atoms with Gasteiger partial charge in [-0.25, -0.2) is 0 Å². The molecule has 0 radical (unpaired) electrons. The summed E-state index contributed by atoms with van der Waals surface area (Å²) in [5.41, 5.74) is -15.8. The van der Waals surface area contributed by atoms with E-state index in [1.165, 1.54) is 0 Å². The Hall–Kier alpha value is -18.7. The zero-order valence-electron chi connectivity index (χ0n) is 162. The van der Waals surface area contributed by atoms with Gasteiger partial charge in [0.05, 0.1) is 123 Å². The highest BCUT2D eigenvalue weighted by atomic mass is 14.3. The number of benzene rings is 30. The molecule has 0 aliphatic carbocycles. The van der Waals surface area contributed by atoms with E-state index in [0.29, 0.717) is 0 Å². The normalized spacial score (nSPS) is 20.5. The molecule has 0 heteroatoms. The molecule has 0 saturated carbocycles. The lowest BCUT2D eigenvalue weighted by molar-refractivity contribution is 1.66. The first-order chi connectivity index (χ1) is 109. The standard InChI is InChI=1S/3C48H30/c1-3-12-34-27-36(20-17-31(34)9-1)37-23-26-45-46(30-37)48(39-22-18-32-10-2-4-13-35(32)28-39)44-16-8-7-15-43(44)47(45)40-24-25-42-38(29-40)21-19-33-11-5-6-14-41(33)42;1-3-12-34-27-36(20-17-31(34)9-1)37-23-26-45-46(30-37)48(40-24-25-42-38(29-40)21-19-33-11-5-6-14-41(33)42)44-16-8-7-15-43(44)47(45)39-22-18-32-10-2-4-13-35(32)28-39;1-2-13-34-28-37(23-20-31(34)10-1)47-43-17-7-8-18-44(43)48(38-25-26-42-35(29-38)22-21-33-12-4-6-16-40(33)42)46-30-36(24-27-45(46)47)41-19-9-14-32-11-3-5-15-39(32)41/h3*1-30H/i3*1D,2D,3D,4D,5D,6D,7D,8D,9D,10D,11D,12D,13D,14D,15D,16D,17D,18D,19D,20D,21D,22D,23D,24D,25D,26D,27D,28D,29D,30D. The maximum atomic E-state index is 10.3. The van der Waals surface area contributed by atoms with Crippen LogP contribution in [0.3, 0.4) is 0 Å². The van der Waals surface area contributed by atoms with E-state index in [1.807, 2.05) is 0 Å². The van der Waals surface area contributed by atoms with Crippen molar-refractivity contribution in [3.05, 3.63) is 544 Å². The molecule has 144 heavy (non-hydrogen) atoms. The fourth-order valence-electron chi connectivity index (χ4n) is 17.2. The van der Waals surface area contributed by atoms with Crippen LogP contribution in [0, 0.1) is 0 Å². The summed E-state index contributed by atoms with van der Waals surface area (Å²) < 4.78 is 818. The number of fused-ring (bicyclic) bond motifs is 21. The second kappa shape index (κ2) is 34.7. The molecule has 30 aromatic carbocycles. The molecule has 0 saturated heterocycles. The summed E-state index contributed by atoms with van der Waals surface area (Å²) in [6.45, 7) is 0. The Morgan fingerprint density at radius 1 is 0.0833 bits per heavy atom. The maximum Gasteiger partial charge on any atom is 0.0636 e. The molecular weight excluding hydrogens is 1730 g/mol. The zero-order valence-corrected chi connectivity index (χ0v) is 72.0. The van der Waals surface area contributed by atoms with Crippen LogP contribution in [0.4, 0.5) is 0 Å². The van der Waals surface area contributed by atoms with Crippen molar-refractivity contribution in [1.82, 2.24) is 0 Å². The number of hydrogen-bond donors (Lipinski definition) is 0. The van der Waals surface area contributed by atoms with E-state index in [0.717, 1.165) is 0 Å². The molecule has 0 atom stereocenters. The van der Waals surface area contributed by atoms with Crippen molar-refractivity contribution >= 4 is 194 Å². The van der Waals surface area contributed by atoms with Crippen LogP contribution >= 0.6 is 0 Å². The molecule has 0 unspecified atom stereocenters. The molecule has 0 heterocycles. The average Bonchev–Trinajstić information content (AvgIpc) is 0.677. The second-order valence-corrected chi connectivity index (χ2v) is 31.5. The largest absolute Gasteiger partial charge is 0.0636 e. The summed E-state index contributed by atoms with van der Waals surface area (Å²) >= 11 is 0. The number of rotatable bonds is 9. The molecule has 0 aromatic heterocycles. The summed E-state index contributed by atoms with van der Waals surface area (Å²) in [5.74, 6) is 0. The summed E-state index contributed by atoms with van der Waals surface area (Å²) in [7, 11) is 0. The van der Waals surface area contributed by atoms with Gasteiger partial charge in [0.2, 0.25) is 0 Å². The first kappa shape index (κ1) is 33.0. The SMILES string of the molecule is [2H]c1c([2H])c([2H])c2c([2H])c(-c3c([2H])c([2H])c4c(-c5c([2H])c([2H])c6c([2H])c([2H])c([2H])c([2H])c6c5[2H])c5c([2H])c([2H])c([2H])c([2H])c5c(-c5c([2H])c([2H])c6c(c5[2H])c([2H])c([2H])c5c([2H])c([2H])c([2H])c([2H])c56)c4c3[2H])c([2H])c([2H])c2c1[2H].[2H]c1c([2H])c([2H])c2c([2H])c(-c3c([2H])c([2H])c4c(-c5c([2H])c([2H])c6c(c5[2H])c([2H])c([2H])c5c([2H])c([2H])c([2H])c([2H])c56)c5c([2H])c([2H])c([2H])c([2H])c5c(-c5c([2H])c([2H])c6c([2H])c([2H])c([2H])c([2H])c6c5[2H])c4c3[2H])c([2H])c([2H])c2c1[2H].[2H]c1c([2H])c([2H])c2c([2H])c(-c3c4c([2H])c([2H])c([2H])c([2H])c4c(-c4c([2H])c([2H])c5c(c4[2H])c([2H])c([2H])c4c([2H])c([2H])c([2H])c([2H])c45)c4c([2H])c(-c5c([2H])c([2H])c([2H])c6c([2H])c([2H])c([2H])c([2H])c56)c([2H])c([2H])c34)c([2H])c([2H])c2c1[2H].